The van der Waals surface area contributed by atoms with Crippen LogP contribution < -0.4 is 10.1 Å². The molecule has 0 unspecified atom stereocenters. The van der Waals surface area contributed by atoms with Gasteiger partial charge in [-0.15, -0.1) is 0 Å². The molecule has 25 heavy (non-hydrogen) atoms. The van der Waals surface area contributed by atoms with Gasteiger partial charge in [-0.05, 0) is 36.5 Å². The zero-order valence-electron chi connectivity index (χ0n) is 15.3. The van der Waals surface area contributed by atoms with E-state index in [-0.39, 0.29) is 0 Å². The minimum absolute atomic E-state index is 0.657. The average Bonchev–Trinajstić information content (AvgIpc) is 2.60. The van der Waals surface area contributed by atoms with Crippen molar-refractivity contribution in [2.24, 2.45) is 5.92 Å². The third-order valence-electron chi connectivity index (χ3n) is 4.34. The van der Waals surface area contributed by atoms with Crippen molar-refractivity contribution in [3.8, 4) is 16.9 Å². The largest absolute Gasteiger partial charge is 0.496 e. The lowest BCUT2D eigenvalue weighted by atomic mass is 9.98. The fourth-order valence-corrected chi connectivity index (χ4v) is 2.87. The van der Waals surface area contributed by atoms with Gasteiger partial charge >= 0.3 is 0 Å². The SMILES string of the molecule is COc1cc2nc(NCCC(C)C)ncc2cc1-c1ccccc1C. The highest BCUT2D eigenvalue weighted by molar-refractivity contribution is 5.89. The Morgan fingerprint density at radius 3 is 2.64 bits per heavy atom. The van der Waals surface area contributed by atoms with Crippen molar-refractivity contribution in [2.75, 3.05) is 19.0 Å². The lowest BCUT2D eigenvalue weighted by molar-refractivity contribution is 0.417. The standard InChI is InChI=1S/C21H25N3O/c1-14(2)9-10-22-21-23-13-16-11-18(17-8-6-5-7-15(17)3)20(25-4)12-19(16)24-21/h5-8,11-14H,9-10H2,1-4H3,(H,22,23,24). The molecule has 0 saturated carbocycles. The Morgan fingerprint density at radius 1 is 1.12 bits per heavy atom. The summed E-state index contributed by atoms with van der Waals surface area (Å²) < 4.78 is 5.63. The van der Waals surface area contributed by atoms with Crippen LogP contribution >= 0.6 is 0 Å². The smallest absolute Gasteiger partial charge is 0.223 e. The zero-order chi connectivity index (χ0) is 17.8. The fourth-order valence-electron chi connectivity index (χ4n) is 2.87. The molecule has 0 bridgehead atoms. The molecular formula is C21H25N3O. The molecule has 1 N–H and O–H groups in total. The van der Waals surface area contributed by atoms with Gasteiger partial charge in [-0.25, -0.2) is 9.97 Å². The topological polar surface area (TPSA) is 47.0 Å². The Hall–Kier alpha value is -2.62. The first-order valence-electron chi connectivity index (χ1n) is 8.73. The number of fused-ring (bicyclic) bond motifs is 1. The molecule has 130 valence electrons. The second-order valence-corrected chi connectivity index (χ2v) is 6.73. The van der Waals surface area contributed by atoms with Crippen LogP contribution in [-0.2, 0) is 0 Å². The highest BCUT2D eigenvalue weighted by atomic mass is 16.5. The van der Waals surface area contributed by atoms with Crippen molar-refractivity contribution in [3.63, 3.8) is 0 Å². The second kappa shape index (κ2) is 7.51. The summed E-state index contributed by atoms with van der Waals surface area (Å²) >= 11 is 0. The van der Waals surface area contributed by atoms with Crippen molar-refractivity contribution in [1.29, 1.82) is 0 Å². The lowest BCUT2D eigenvalue weighted by Crippen LogP contribution is -2.07. The summed E-state index contributed by atoms with van der Waals surface area (Å²) in [7, 11) is 1.70. The van der Waals surface area contributed by atoms with Gasteiger partial charge < -0.3 is 10.1 Å². The maximum absolute atomic E-state index is 5.63. The van der Waals surface area contributed by atoms with Crippen LogP contribution in [0.25, 0.3) is 22.0 Å². The van der Waals surface area contributed by atoms with E-state index in [4.69, 9.17) is 4.74 Å². The minimum atomic E-state index is 0.657. The van der Waals surface area contributed by atoms with Gasteiger partial charge in [0.2, 0.25) is 5.95 Å². The van der Waals surface area contributed by atoms with E-state index in [0.717, 1.165) is 35.2 Å². The van der Waals surface area contributed by atoms with E-state index in [9.17, 15) is 0 Å². The Morgan fingerprint density at radius 2 is 1.92 bits per heavy atom. The molecule has 0 saturated heterocycles. The zero-order valence-corrected chi connectivity index (χ0v) is 15.3. The van der Waals surface area contributed by atoms with Crippen LogP contribution in [-0.4, -0.2) is 23.6 Å². The first-order valence-corrected chi connectivity index (χ1v) is 8.73. The summed E-state index contributed by atoms with van der Waals surface area (Å²) in [5, 5.41) is 4.31. The molecule has 3 aromatic rings. The van der Waals surface area contributed by atoms with Gasteiger partial charge in [0.05, 0.1) is 12.6 Å². The molecule has 0 atom stereocenters. The first kappa shape index (κ1) is 17.2. The molecule has 2 aromatic carbocycles. The van der Waals surface area contributed by atoms with Crippen LogP contribution in [0, 0.1) is 12.8 Å². The Labute approximate surface area is 149 Å². The molecule has 0 aliphatic carbocycles. The van der Waals surface area contributed by atoms with Gasteiger partial charge in [0.25, 0.3) is 0 Å². The molecule has 0 aliphatic heterocycles. The number of aryl methyl sites for hydroxylation is 1. The number of hydrogen-bond donors (Lipinski definition) is 1. The van der Waals surface area contributed by atoms with Crippen LogP contribution in [0.15, 0.2) is 42.6 Å². The van der Waals surface area contributed by atoms with Crippen LogP contribution in [0.4, 0.5) is 5.95 Å². The molecule has 4 heteroatoms. The van der Waals surface area contributed by atoms with Crippen molar-refractivity contribution >= 4 is 16.9 Å². The van der Waals surface area contributed by atoms with Gasteiger partial charge in [-0.3, -0.25) is 0 Å². The van der Waals surface area contributed by atoms with E-state index in [1.54, 1.807) is 7.11 Å². The van der Waals surface area contributed by atoms with Crippen molar-refractivity contribution < 1.29 is 4.74 Å². The number of benzene rings is 2. The first-order chi connectivity index (χ1) is 12.1. The summed E-state index contributed by atoms with van der Waals surface area (Å²) in [6, 6.07) is 12.4. The minimum Gasteiger partial charge on any atom is -0.496 e. The van der Waals surface area contributed by atoms with Gasteiger partial charge in [0.1, 0.15) is 5.75 Å². The molecule has 1 heterocycles. The Kier molecular flexibility index (Phi) is 5.17. The van der Waals surface area contributed by atoms with Crippen molar-refractivity contribution in [2.45, 2.75) is 27.2 Å². The summed E-state index contributed by atoms with van der Waals surface area (Å²) in [4.78, 5) is 9.09. The summed E-state index contributed by atoms with van der Waals surface area (Å²) in [6.45, 7) is 7.40. The van der Waals surface area contributed by atoms with E-state index in [2.05, 4.69) is 54.3 Å². The van der Waals surface area contributed by atoms with Crippen LogP contribution in [0.5, 0.6) is 5.75 Å². The number of ether oxygens (including phenoxy) is 1. The molecule has 0 radical (unpaired) electrons. The monoisotopic (exact) mass is 335 g/mol. The molecule has 0 spiro atoms. The number of methoxy groups -OCH3 is 1. The second-order valence-electron chi connectivity index (χ2n) is 6.73. The number of nitrogens with one attached hydrogen (secondary N) is 1. The Balaban J connectivity index is 1.98. The van der Waals surface area contributed by atoms with E-state index >= 15 is 0 Å². The highest BCUT2D eigenvalue weighted by Crippen LogP contribution is 2.35. The fraction of sp³-hybridized carbons (Fsp3) is 0.333. The summed E-state index contributed by atoms with van der Waals surface area (Å²) in [5.74, 6) is 2.15. The summed E-state index contributed by atoms with van der Waals surface area (Å²) in [5.41, 5.74) is 4.34. The van der Waals surface area contributed by atoms with Crippen LogP contribution in [0.3, 0.4) is 0 Å². The van der Waals surface area contributed by atoms with E-state index in [1.807, 2.05) is 24.4 Å². The van der Waals surface area contributed by atoms with Gasteiger partial charge in [0.15, 0.2) is 0 Å². The van der Waals surface area contributed by atoms with Gasteiger partial charge in [0, 0.05) is 29.8 Å². The van der Waals surface area contributed by atoms with Gasteiger partial charge in [-0.1, -0.05) is 38.1 Å². The number of aromatic nitrogens is 2. The predicted molar refractivity (Wildman–Crippen MR) is 104 cm³/mol. The number of rotatable bonds is 6. The molecule has 4 nitrogen and oxygen atoms in total. The molecule has 0 fully saturated rings. The third kappa shape index (κ3) is 3.90. The maximum atomic E-state index is 5.63. The molecular weight excluding hydrogens is 310 g/mol. The summed E-state index contributed by atoms with van der Waals surface area (Å²) in [6.07, 6.45) is 2.97. The molecule has 3 rings (SSSR count). The highest BCUT2D eigenvalue weighted by Gasteiger charge is 2.11. The van der Waals surface area contributed by atoms with Crippen LogP contribution in [0.1, 0.15) is 25.8 Å². The van der Waals surface area contributed by atoms with E-state index < -0.39 is 0 Å². The Bertz CT molecular complexity index is 874. The van der Waals surface area contributed by atoms with Gasteiger partial charge in [-0.2, -0.15) is 0 Å². The normalized spacial score (nSPS) is 11.1. The predicted octanol–water partition coefficient (Wildman–Crippen LogP) is 5.07. The van der Waals surface area contributed by atoms with E-state index in [0.29, 0.717) is 11.9 Å². The maximum Gasteiger partial charge on any atom is 0.223 e. The molecule has 0 aliphatic rings. The number of hydrogen-bond acceptors (Lipinski definition) is 4. The lowest BCUT2D eigenvalue weighted by Gasteiger charge is -2.13. The van der Waals surface area contributed by atoms with Crippen molar-refractivity contribution in [1.82, 2.24) is 9.97 Å². The van der Waals surface area contributed by atoms with E-state index in [1.165, 1.54) is 11.1 Å². The average molecular weight is 335 g/mol. The molecule has 0 amide bonds. The molecule has 1 aromatic heterocycles. The van der Waals surface area contributed by atoms with Crippen molar-refractivity contribution in [3.05, 3.63) is 48.2 Å². The quantitative estimate of drug-likeness (QED) is 0.683. The van der Waals surface area contributed by atoms with Crippen LogP contribution in [0.2, 0.25) is 0 Å². The third-order valence-corrected chi connectivity index (χ3v) is 4.34. The number of nitrogens with zero attached hydrogens (tertiary/aromatic N) is 2. The number of anilines is 1.